The molecule has 0 aromatic carbocycles. The fourth-order valence-corrected chi connectivity index (χ4v) is 8.06. The van der Waals surface area contributed by atoms with Crippen LogP contribution in [0.5, 0.6) is 0 Å². The van der Waals surface area contributed by atoms with Crippen LogP contribution < -0.4 is 0 Å². The van der Waals surface area contributed by atoms with Crippen molar-refractivity contribution in [3.05, 3.63) is 11.6 Å². The number of Topliss-reactive ketones (excluding diaryl/α,β-unsaturated/α-hetero) is 1. The normalized spacial score (nSPS) is 44.8. The zero-order chi connectivity index (χ0) is 21.9. The lowest BCUT2D eigenvalue weighted by Gasteiger charge is -2.59. The quantitative estimate of drug-likeness (QED) is 0.489. The first-order valence-electron chi connectivity index (χ1n) is 11.6. The Kier molecular flexibility index (Phi) is 5.18. The number of carbonyl (C=O) groups is 3. The molecule has 4 rings (SSSR count). The lowest BCUT2D eigenvalue weighted by atomic mass is 9.46. The van der Waals surface area contributed by atoms with E-state index in [0.717, 1.165) is 44.9 Å². The van der Waals surface area contributed by atoms with Gasteiger partial charge in [0.15, 0.2) is 11.4 Å². The number of ether oxygens (including phenoxy) is 2. The van der Waals surface area contributed by atoms with E-state index in [1.54, 1.807) is 6.92 Å². The van der Waals surface area contributed by atoms with E-state index in [4.69, 9.17) is 9.47 Å². The average molecular weight is 417 g/mol. The molecular weight excluding hydrogens is 380 g/mol. The number of hydrogen-bond acceptors (Lipinski definition) is 5. The second-order valence-corrected chi connectivity index (χ2v) is 10.7. The summed E-state index contributed by atoms with van der Waals surface area (Å²) in [5.74, 6) is 0.981. The van der Waals surface area contributed by atoms with Crippen LogP contribution in [0.4, 0.5) is 0 Å². The van der Waals surface area contributed by atoms with Gasteiger partial charge in [-0.3, -0.25) is 14.4 Å². The molecule has 0 aliphatic heterocycles. The van der Waals surface area contributed by atoms with Crippen molar-refractivity contribution in [2.75, 3.05) is 0 Å². The Morgan fingerprint density at radius 2 is 1.60 bits per heavy atom. The van der Waals surface area contributed by atoms with Crippen molar-refractivity contribution in [3.63, 3.8) is 0 Å². The largest absolute Gasteiger partial charge is 0.458 e. The molecule has 3 saturated carbocycles. The summed E-state index contributed by atoms with van der Waals surface area (Å²) in [5.41, 5.74) is 0.362. The van der Waals surface area contributed by atoms with Gasteiger partial charge in [0.05, 0.1) is 0 Å². The Bertz CT molecular complexity index is 799. The maximum absolute atomic E-state index is 12.8. The smallest absolute Gasteiger partial charge is 0.303 e. The predicted octanol–water partition coefficient (Wildman–Crippen LogP) is 4.77. The van der Waals surface area contributed by atoms with Crippen LogP contribution in [0.15, 0.2) is 11.6 Å². The average Bonchev–Trinajstić information content (AvgIpc) is 2.94. The van der Waals surface area contributed by atoms with Crippen LogP contribution in [0, 0.1) is 28.6 Å². The van der Waals surface area contributed by atoms with E-state index in [1.807, 2.05) is 0 Å². The highest BCUT2D eigenvalue weighted by Gasteiger charge is 2.67. The summed E-state index contributed by atoms with van der Waals surface area (Å²) in [7, 11) is 0. The van der Waals surface area contributed by atoms with Crippen molar-refractivity contribution >= 4 is 17.7 Å². The molecule has 0 bridgehead atoms. The first-order chi connectivity index (χ1) is 14.0. The Labute approximate surface area is 179 Å². The summed E-state index contributed by atoms with van der Waals surface area (Å²) in [6, 6.07) is 0. The molecule has 0 spiro atoms. The molecule has 4 aliphatic carbocycles. The van der Waals surface area contributed by atoms with Crippen molar-refractivity contribution in [2.45, 2.75) is 97.7 Å². The van der Waals surface area contributed by atoms with Gasteiger partial charge >= 0.3 is 11.9 Å². The molecule has 0 radical (unpaired) electrons. The van der Waals surface area contributed by atoms with Crippen molar-refractivity contribution < 1.29 is 23.9 Å². The molecule has 30 heavy (non-hydrogen) atoms. The molecular formula is C25H36O5. The number of ketones is 1. The van der Waals surface area contributed by atoms with Gasteiger partial charge in [-0.15, -0.1) is 0 Å². The van der Waals surface area contributed by atoms with Crippen molar-refractivity contribution in [1.82, 2.24) is 0 Å². The van der Waals surface area contributed by atoms with Gasteiger partial charge in [0.25, 0.3) is 0 Å². The molecule has 7 atom stereocenters. The maximum atomic E-state index is 12.8. The molecule has 0 heterocycles. The Balaban J connectivity index is 1.63. The fourth-order valence-electron chi connectivity index (χ4n) is 8.06. The van der Waals surface area contributed by atoms with Crippen molar-refractivity contribution in [2.24, 2.45) is 28.6 Å². The van der Waals surface area contributed by atoms with Gasteiger partial charge < -0.3 is 9.47 Å². The van der Waals surface area contributed by atoms with E-state index in [0.29, 0.717) is 24.2 Å². The molecule has 0 aromatic heterocycles. The lowest BCUT2D eigenvalue weighted by molar-refractivity contribution is -0.187. The highest BCUT2D eigenvalue weighted by molar-refractivity contribution is 5.89. The highest BCUT2D eigenvalue weighted by atomic mass is 16.6. The number of hydrogen-bond donors (Lipinski definition) is 0. The Morgan fingerprint density at radius 3 is 2.23 bits per heavy atom. The summed E-state index contributed by atoms with van der Waals surface area (Å²) < 4.78 is 11.3. The first-order valence-corrected chi connectivity index (χ1v) is 11.6. The van der Waals surface area contributed by atoms with E-state index < -0.39 is 5.60 Å². The van der Waals surface area contributed by atoms with E-state index >= 15 is 0 Å². The number of rotatable bonds is 3. The monoisotopic (exact) mass is 416 g/mol. The first kappa shape index (κ1) is 21.6. The summed E-state index contributed by atoms with van der Waals surface area (Å²) in [6.07, 6.45) is 9.78. The third kappa shape index (κ3) is 2.98. The van der Waals surface area contributed by atoms with Crippen LogP contribution in [0.3, 0.4) is 0 Å². The summed E-state index contributed by atoms with van der Waals surface area (Å²) in [5, 5.41) is 0. The predicted molar refractivity (Wildman–Crippen MR) is 112 cm³/mol. The summed E-state index contributed by atoms with van der Waals surface area (Å²) in [4.78, 5) is 36.2. The van der Waals surface area contributed by atoms with Crippen LogP contribution in [0.25, 0.3) is 0 Å². The molecule has 0 N–H and O–H groups in total. The van der Waals surface area contributed by atoms with Crippen LogP contribution in [0.1, 0.15) is 86.0 Å². The molecule has 166 valence electrons. The summed E-state index contributed by atoms with van der Waals surface area (Å²) in [6.45, 7) is 9.11. The maximum Gasteiger partial charge on any atom is 0.303 e. The standard InChI is InChI=1S/C25H36O5/c1-15(26)25(30-17(3)28)13-10-22-20-7-6-18-14-19(29-16(2)27)8-11-23(18,4)21(20)9-12-24(22,25)5/h14,19-22H,6-13H2,1-5H3/t19-,20+,21-,22-,23-,24-,25-/m0/s1. The van der Waals surface area contributed by atoms with Gasteiger partial charge in [-0.2, -0.15) is 0 Å². The van der Waals surface area contributed by atoms with Gasteiger partial charge in [-0.05, 0) is 87.5 Å². The lowest BCUT2D eigenvalue weighted by Crippen LogP contribution is -2.58. The van der Waals surface area contributed by atoms with E-state index in [9.17, 15) is 14.4 Å². The van der Waals surface area contributed by atoms with Gasteiger partial charge in [-0.1, -0.05) is 19.4 Å². The van der Waals surface area contributed by atoms with E-state index in [-0.39, 0.29) is 34.7 Å². The summed E-state index contributed by atoms with van der Waals surface area (Å²) >= 11 is 0. The van der Waals surface area contributed by atoms with Gasteiger partial charge in [-0.25, -0.2) is 0 Å². The minimum atomic E-state index is -0.960. The number of esters is 2. The zero-order valence-corrected chi connectivity index (χ0v) is 19.1. The van der Waals surface area contributed by atoms with Gasteiger partial charge in [0.2, 0.25) is 0 Å². The van der Waals surface area contributed by atoms with Crippen LogP contribution in [-0.2, 0) is 23.9 Å². The third-order valence-corrected chi connectivity index (χ3v) is 9.39. The molecule has 5 heteroatoms. The zero-order valence-electron chi connectivity index (χ0n) is 19.1. The Morgan fingerprint density at radius 1 is 0.900 bits per heavy atom. The van der Waals surface area contributed by atoms with E-state index in [1.165, 1.54) is 19.4 Å². The third-order valence-electron chi connectivity index (χ3n) is 9.39. The number of carbonyl (C=O) groups excluding carboxylic acids is 3. The van der Waals surface area contributed by atoms with Crippen molar-refractivity contribution in [1.29, 1.82) is 0 Å². The Hall–Kier alpha value is -1.65. The molecule has 0 aromatic rings. The fraction of sp³-hybridized carbons (Fsp3) is 0.800. The second-order valence-electron chi connectivity index (χ2n) is 10.7. The minimum absolute atomic E-state index is 0.00523. The molecule has 5 nitrogen and oxygen atoms in total. The number of fused-ring (bicyclic) bond motifs is 5. The molecule has 0 unspecified atom stereocenters. The van der Waals surface area contributed by atoms with Gasteiger partial charge in [0.1, 0.15) is 6.10 Å². The minimum Gasteiger partial charge on any atom is -0.458 e. The SMILES string of the molecule is CC(=O)O[C@@H]1C=C2CC[C@@H]3[C@H](CC[C@@]4(C)[C@H]3CC[C@]4(OC(C)=O)C(C)=O)[C@@]2(C)CC1. The van der Waals surface area contributed by atoms with Crippen molar-refractivity contribution in [3.8, 4) is 0 Å². The van der Waals surface area contributed by atoms with Crippen LogP contribution in [-0.4, -0.2) is 29.4 Å². The van der Waals surface area contributed by atoms with Gasteiger partial charge in [0, 0.05) is 19.3 Å². The molecule has 4 aliphatic rings. The topological polar surface area (TPSA) is 69.7 Å². The highest BCUT2D eigenvalue weighted by Crippen LogP contribution is 2.68. The second kappa shape index (κ2) is 7.20. The molecule has 3 fully saturated rings. The molecule has 0 saturated heterocycles. The van der Waals surface area contributed by atoms with Crippen LogP contribution in [0.2, 0.25) is 0 Å². The molecule has 0 amide bonds. The number of allylic oxidation sites excluding steroid dienone is 1. The van der Waals surface area contributed by atoms with Crippen LogP contribution >= 0.6 is 0 Å². The van der Waals surface area contributed by atoms with E-state index in [2.05, 4.69) is 19.9 Å².